The van der Waals surface area contributed by atoms with Crippen molar-refractivity contribution >= 4 is 18.0 Å². The van der Waals surface area contributed by atoms with Gasteiger partial charge in [-0.05, 0) is 35.2 Å². The van der Waals surface area contributed by atoms with Crippen molar-refractivity contribution < 1.29 is 33.4 Å². The molecule has 0 radical (unpaired) electrons. The van der Waals surface area contributed by atoms with Crippen LogP contribution in [0.2, 0.25) is 0 Å². The van der Waals surface area contributed by atoms with Gasteiger partial charge in [0.1, 0.15) is 5.82 Å². The SMILES string of the molecule is CC(=O)O[C@H](OC(=O)NC[C@H](Cc1ccccc1-c1ccc(F)cc1)C(=O)O)C(C)C. The number of aliphatic carboxylic acids is 1. The van der Waals surface area contributed by atoms with Crippen LogP contribution in [-0.4, -0.2) is 36.0 Å². The largest absolute Gasteiger partial charge is 0.481 e. The number of alkyl carbamates (subject to hydrolysis) is 1. The minimum atomic E-state index is -1.09. The van der Waals surface area contributed by atoms with Gasteiger partial charge < -0.3 is 19.9 Å². The molecule has 2 rings (SSSR count). The van der Waals surface area contributed by atoms with E-state index in [9.17, 15) is 23.9 Å². The average Bonchev–Trinajstić information content (AvgIpc) is 2.71. The fourth-order valence-corrected chi connectivity index (χ4v) is 2.94. The fraction of sp³-hybridized carbons (Fsp3) is 0.348. The second-order valence-corrected chi connectivity index (χ2v) is 7.41. The Hall–Kier alpha value is -3.42. The molecule has 0 heterocycles. The number of carboxylic acids is 1. The molecule has 8 heteroatoms. The smallest absolute Gasteiger partial charge is 0.410 e. The maximum Gasteiger partial charge on any atom is 0.410 e. The van der Waals surface area contributed by atoms with E-state index in [0.29, 0.717) is 0 Å². The van der Waals surface area contributed by atoms with Crippen molar-refractivity contribution in [2.24, 2.45) is 11.8 Å². The molecular weight excluding hydrogens is 405 g/mol. The molecule has 0 fully saturated rings. The molecule has 0 saturated heterocycles. The van der Waals surface area contributed by atoms with E-state index < -0.39 is 30.2 Å². The standard InChI is InChI=1S/C23H26FNO6/c1-14(2)22(30-15(3)26)31-23(29)25-13-18(21(27)28)12-17-6-4-5-7-20(17)16-8-10-19(24)11-9-16/h4-11,14,18,22H,12-13H2,1-3H3,(H,25,29)(H,27,28)/t18-,22+/m0/s1. The summed E-state index contributed by atoms with van der Waals surface area (Å²) < 4.78 is 23.3. The molecule has 0 aliphatic carbocycles. The van der Waals surface area contributed by atoms with Gasteiger partial charge in [0, 0.05) is 19.4 Å². The molecule has 0 aliphatic rings. The van der Waals surface area contributed by atoms with Crippen LogP contribution in [0.3, 0.4) is 0 Å². The predicted octanol–water partition coefficient (Wildman–Crippen LogP) is 4.01. The summed E-state index contributed by atoms with van der Waals surface area (Å²) in [6, 6.07) is 13.2. The number of rotatable bonds is 9. The lowest BCUT2D eigenvalue weighted by atomic mass is 9.92. The number of carboxylic acid groups (broad SMARTS) is 1. The molecule has 0 spiro atoms. The first-order valence-corrected chi connectivity index (χ1v) is 9.85. The number of nitrogens with one attached hydrogen (secondary N) is 1. The molecule has 0 unspecified atom stereocenters. The van der Waals surface area contributed by atoms with Gasteiger partial charge in [0.05, 0.1) is 5.92 Å². The first-order valence-electron chi connectivity index (χ1n) is 9.85. The van der Waals surface area contributed by atoms with Gasteiger partial charge in [-0.25, -0.2) is 9.18 Å². The molecule has 166 valence electrons. The highest BCUT2D eigenvalue weighted by atomic mass is 19.1. The van der Waals surface area contributed by atoms with E-state index >= 15 is 0 Å². The lowest BCUT2D eigenvalue weighted by Gasteiger charge is -2.21. The summed E-state index contributed by atoms with van der Waals surface area (Å²) in [5.41, 5.74) is 2.29. The maximum atomic E-state index is 13.2. The summed E-state index contributed by atoms with van der Waals surface area (Å²) in [5.74, 6) is -3.24. The number of halogens is 1. The Morgan fingerprint density at radius 3 is 2.26 bits per heavy atom. The average molecular weight is 431 g/mol. The highest BCUT2D eigenvalue weighted by molar-refractivity contribution is 5.74. The first kappa shape index (κ1) is 23.9. The Balaban J connectivity index is 2.07. The molecule has 7 nitrogen and oxygen atoms in total. The number of ether oxygens (including phenoxy) is 2. The molecular formula is C23H26FNO6. The fourth-order valence-electron chi connectivity index (χ4n) is 2.94. The number of hydrogen-bond donors (Lipinski definition) is 2. The van der Waals surface area contributed by atoms with Gasteiger partial charge in [0.25, 0.3) is 6.29 Å². The van der Waals surface area contributed by atoms with Crippen molar-refractivity contribution in [3.05, 3.63) is 59.9 Å². The number of esters is 1. The van der Waals surface area contributed by atoms with E-state index in [0.717, 1.165) is 16.7 Å². The van der Waals surface area contributed by atoms with E-state index in [4.69, 9.17) is 9.47 Å². The zero-order valence-corrected chi connectivity index (χ0v) is 17.6. The van der Waals surface area contributed by atoms with Gasteiger partial charge in [-0.2, -0.15) is 0 Å². The molecule has 2 aromatic carbocycles. The lowest BCUT2D eigenvalue weighted by Crippen LogP contribution is -2.38. The summed E-state index contributed by atoms with van der Waals surface area (Å²) in [7, 11) is 0. The minimum absolute atomic E-state index is 0.140. The number of hydrogen-bond acceptors (Lipinski definition) is 5. The molecule has 2 atom stereocenters. The third-order valence-corrected chi connectivity index (χ3v) is 4.53. The van der Waals surface area contributed by atoms with Crippen molar-refractivity contribution in [1.82, 2.24) is 5.32 Å². The molecule has 31 heavy (non-hydrogen) atoms. The summed E-state index contributed by atoms with van der Waals surface area (Å²) in [5, 5.41) is 12.1. The summed E-state index contributed by atoms with van der Waals surface area (Å²) in [6.45, 7) is 4.45. The Morgan fingerprint density at radius 1 is 1.03 bits per heavy atom. The van der Waals surface area contributed by atoms with Crippen molar-refractivity contribution in [2.75, 3.05) is 6.54 Å². The highest BCUT2D eigenvalue weighted by Gasteiger charge is 2.24. The van der Waals surface area contributed by atoms with Gasteiger partial charge in [0.2, 0.25) is 0 Å². The van der Waals surface area contributed by atoms with Crippen LogP contribution in [0.25, 0.3) is 11.1 Å². The molecule has 0 aromatic heterocycles. The predicted molar refractivity (Wildman–Crippen MR) is 112 cm³/mol. The Bertz CT molecular complexity index is 913. The van der Waals surface area contributed by atoms with Crippen molar-refractivity contribution in [1.29, 1.82) is 0 Å². The maximum absolute atomic E-state index is 13.2. The second-order valence-electron chi connectivity index (χ2n) is 7.41. The summed E-state index contributed by atoms with van der Waals surface area (Å²) in [4.78, 5) is 35.0. The van der Waals surface area contributed by atoms with Gasteiger partial charge >= 0.3 is 18.0 Å². The van der Waals surface area contributed by atoms with Crippen LogP contribution in [0.5, 0.6) is 0 Å². The second kappa shape index (κ2) is 11.1. The lowest BCUT2D eigenvalue weighted by molar-refractivity contribution is -0.172. The minimum Gasteiger partial charge on any atom is -0.481 e. The monoisotopic (exact) mass is 431 g/mol. The molecule has 2 N–H and O–H groups in total. The molecule has 2 aromatic rings. The van der Waals surface area contributed by atoms with Gasteiger partial charge in [-0.1, -0.05) is 50.2 Å². The molecule has 0 aliphatic heterocycles. The van der Waals surface area contributed by atoms with Crippen LogP contribution < -0.4 is 5.32 Å². The zero-order valence-electron chi connectivity index (χ0n) is 17.6. The topological polar surface area (TPSA) is 102 Å². The van der Waals surface area contributed by atoms with Gasteiger partial charge in [-0.3, -0.25) is 9.59 Å². The number of benzene rings is 2. The van der Waals surface area contributed by atoms with Crippen LogP contribution in [0, 0.1) is 17.7 Å². The normalized spacial score (nSPS) is 12.7. The summed E-state index contributed by atoms with van der Waals surface area (Å²) in [6.07, 6.45) is -1.81. The third kappa shape index (κ3) is 7.40. The van der Waals surface area contributed by atoms with Crippen LogP contribution in [0.1, 0.15) is 26.3 Å². The molecule has 0 bridgehead atoms. The summed E-state index contributed by atoms with van der Waals surface area (Å²) >= 11 is 0. The molecule has 1 amide bonds. The Kier molecular flexibility index (Phi) is 8.54. The van der Waals surface area contributed by atoms with Crippen LogP contribution >= 0.6 is 0 Å². The quantitative estimate of drug-likeness (QED) is 0.460. The van der Waals surface area contributed by atoms with Crippen molar-refractivity contribution in [2.45, 2.75) is 33.5 Å². The third-order valence-electron chi connectivity index (χ3n) is 4.53. The van der Waals surface area contributed by atoms with E-state index in [1.54, 1.807) is 38.1 Å². The Morgan fingerprint density at radius 2 is 1.68 bits per heavy atom. The number of carbonyl (C=O) groups excluding carboxylic acids is 2. The van der Waals surface area contributed by atoms with Crippen LogP contribution in [0.15, 0.2) is 48.5 Å². The van der Waals surface area contributed by atoms with Crippen LogP contribution in [0.4, 0.5) is 9.18 Å². The number of amides is 1. The Labute approximate surface area is 180 Å². The zero-order chi connectivity index (χ0) is 23.0. The van der Waals surface area contributed by atoms with Gasteiger partial charge in [0.15, 0.2) is 0 Å². The van der Waals surface area contributed by atoms with E-state index in [1.165, 1.54) is 19.1 Å². The van der Waals surface area contributed by atoms with Crippen molar-refractivity contribution in [3.8, 4) is 11.1 Å². The molecule has 0 saturated carbocycles. The van der Waals surface area contributed by atoms with Gasteiger partial charge in [-0.15, -0.1) is 0 Å². The van der Waals surface area contributed by atoms with Crippen molar-refractivity contribution in [3.63, 3.8) is 0 Å². The van der Waals surface area contributed by atoms with E-state index in [-0.39, 0.29) is 24.7 Å². The first-order chi connectivity index (χ1) is 14.7. The van der Waals surface area contributed by atoms with E-state index in [2.05, 4.69) is 5.32 Å². The van der Waals surface area contributed by atoms with Crippen LogP contribution in [-0.2, 0) is 25.5 Å². The van der Waals surface area contributed by atoms with E-state index in [1.807, 2.05) is 12.1 Å². The number of carbonyl (C=O) groups is 3. The highest BCUT2D eigenvalue weighted by Crippen LogP contribution is 2.26.